The molecule has 0 atom stereocenters. The van der Waals surface area contributed by atoms with E-state index in [9.17, 15) is 4.79 Å². The fourth-order valence-electron chi connectivity index (χ4n) is 2.67. The lowest BCUT2D eigenvalue weighted by Crippen LogP contribution is -2.40. The number of nitrogens with zero attached hydrogens (tertiary/aromatic N) is 2. The van der Waals surface area contributed by atoms with Gasteiger partial charge in [-0.25, -0.2) is 0 Å². The third kappa shape index (κ3) is 3.61. The first kappa shape index (κ1) is 15.3. The van der Waals surface area contributed by atoms with Gasteiger partial charge in [0, 0.05) is 24.7 Å². The van der Waals surface area contributed by atoms with Crippen LogP contribution in [0, 0.1) is 12.3 Å². The zero-order valence-electron chi connectivity index (χ0n) is 12.8. The Hall–Kier alpha value is -2.58. The first-order valence-corrected chi connectivity index (χ1v) is 7.64. The summed E-state index contributed by atoms with van der Waals surface area (Å²) in [6, 6.07) is 11.3. The van der Waals surface area contributed by atoms with Crippen LogP contribution in [0.4, 0.5) is 0 Å². The van der Waals surface area contributed by atoms with E-state index in [4.69, 9.17) is 15.7 Å². The molecule has 0 bridgehead atoms. The third-order valence-electron chi connectivity index (χ3n) is 3.92. The fourth-order valence-corrected chi connectivity index (χ4v) is 2.67. The number of benzene rings is 1. The Morgan fingerprint density at radius 2 is 2.09 bits per heavy atom. The van der Waals surface area contributed by atoms with Crippen molar-refractivity contribution >= 4 is 5.91 Å². The van der Waals surface area contributed by atoms with Crippen LogP contribution in [0.1, 0.15) is 23.4 Å². The van der Waals surface area contributed by atoms with Crippen molar-refractivity contribution in [2.45, 2.75) is 18.9 Å². The zero-order valence-corrected chi connectivity index (χ0v) is 12.8. The normalized spacial score (nSPS) is 15.3. The molecule has 1 fully saturated rings. The standard InChI is InChI=1S/C18H18N2O3/c1-2-12-22-15-8-10-20(11-9-15)18(21)17-13-16(19-23-17)14-6-4-3-5-7-14/h1,3-7,13,15H,8-12H2. The number of hydrogen-bond donors (Lipinski definition) is 0. The summed E-state index contributed by atoms with van der Waals surface area (Å²) >= 11 is 0. The summed E-state index contributed by atoms with van der Waals surface area (Å²) in [7, 11) is 0. The van der Waals surface area contributed by atoms with Crippen molar-refractivity contribution in [3.05, 3.63) is 42.2 Å². The van der Waals surface area contributed by atoms with Gasteiger partial charge in [0.1, 0.15) is 12.3 Å². The molecule has 1 aliphatic heterocycles. The lowest BCUT2D eigenvalue weighted by Gasteiger charge is -2.30. The van der Waals surface area contributed by atoms with Gasteiger partial charge in [-0.3, -0.25) is 4.79 Å². The predicted octanol–water partition coefficient (Wildman–Crippen LogP) is 2.60. The Morgan fingerprint density at radius 1 is 1.35 bits per heavy atom. The maximum atomic E-state index is 12.5. The molecule has 23 heavy (non-hydrogen) atoms. The molecule has 3 rings (SSSR count). The summed E-state index contributed by atoms with van der Waals surface area (Å²) in [6.45, 7) is 1.59. The van der Waals surface area contributed by atoms with E-state index in [0.29, 0.717) is 25.4 Å². The minimum Gasteiger partial charge on any atom is -0.365 e. The van der Waals surface area contributed by atoms with Gasteiger partial charge in [0.25, 0.3) is 5.91 Å². The first-order chi connectivity index (χ1) is 11.3. The van der Waals surface area contributed by atoms with E-state index in [1.807, 2.05) is 30.3 Å². The highest BCUT2D eigenvalue weighted by molar-refractivity contribution is 5.92. The molecule has 5 nitrogen and oxygen atoms in total. The number of ether oxygens (including phenoxy) is 1. The largest absolute Gasteiger partial charge is 0.365 e. The van der Waals surface area contributed by atoms with Crippen LogP contribution in [-0.4, -0.2) is 41.8 Å². The summed E-state index contributed by atoms with van der Waals surface area (Å²) in [6.07, 6.45) is 6.89. The van der Waals surface area contributed by atoms with Crippen LogP contribution < -0.4 is 0 Å². The molecule has 5 heteroatoms. The van der Waals surface area contributed by atoms with Crippen molar-refractivity contribution in [2.24, 2.45) is 0 Å². The van der Waals surface area contributed by atoms with Crippen LogP contribution in [0.3, 0.4) is 0 Å². The number of carbonyl (C=O) groups is 1. The molecule has 2 aromatic rings. The Kier molecular flexibility index (Phi) is 4.74. The summed E-state index contributed by atoms with van der Waals surface area (Å²) < 4.78 is 10.7. The highest BCUT2D eigenvalue weighted by Crippen LogP contribution is 2.21. The van der Waals surface area contributed by atoms with Crippen molar-refractivity contribution in [1.82, 2.24) is 10.1 Å². The van der Waals surface area contributed by atoms with E-state index in [-0.39, 0.29) is 17.8 Å². The molecule has 1 aliphatic rings. The van der Waals surface area contributed by atoms with Gasteiger partial charge in [-0.15, -0.1) is 6.42 Å². The molecule has 118 valence electrons. The minimum atomic E-state index is -0.130. The van der Waals surface area contributed by atoms with E-state index < -0.39 is 0 Å². The van der Waals surface area contributed by atoms with Crippen LogP contribution in [0.25, 0.3) is 11.3 Å². The average molecular weight is 310 g/mol. The molecule has 0 saturated carbocycles. The van der Waals surface area contributed by atoms with Gasteiger partial charge in [0.15, 0.2) is 0 Å². The van der Waals surface area contributed by atoms with Crippen molar-refractivity contribution in [3.63, 3.8) is 0 Å². The number of hydrogen-bond acceptors (Lipinski definition) is 4. The highest BCUT2D eigenvalue weighted by Gasteiger charge is 2.26. The van der Waals surface area contributed by atoms with Crippen LogP contribution >= 0.6 is 0 Å². The van der Waals surface area contributed by atoms with E-state index >= 15 is 0 Å². The van der Waals surface area contributed by atoms with E-state index in [0.717, 1.165) is 18.4 Å². The number of likely N-dealkylation sites (tertiary alicyclic amines) is 1. The van der Waals surface area contributed by atoms with Crippen molar-refractivity contribution in [3.8, 4) is 23.6 Å². The quantitative estimate of drug-likeness (QED) is 0.815. The Morgan fingerprint density at radius 3 is 2.78 bits per heavy atom. The van der Waals surface area contributed by atoms with Crippen LogP contribution in [0.2, 0.25) is 0 Å². The van der Waals surface area contributed by atoms with E-state index in [2.05, 4.69) is 11.1 Å². The van der Waals surface area contributed by atoms with Gasteiger partial charge in [-0.1, -0.05) is 41.4 Å². The van der Waals surface area contributed by atoms with Gasteiger partial charge in [0.2, 0.25) is 5.76 Å². The first-order valence-electron chi connectivity index (χ1n) is 7.64. The topological polar surface area (TPSA) is 55.6 Å². The molecule has 0 N–H and O–H groups in total. The monoisotopic (exact) mass is 310 g/mol. The number of aromatic nitrogens is 1. The number of carbonyl (C=O) groups excluding carboxylic acids is 1. The second-order valence-electron chi connectivity index (χ2n) is 5.45. The highest BCUT2D eigenvalue weighted by atomic mass is 16.5. The van der Waals surface area contributed by atoms with E-state index in [1.165, 1.54) is 0 Å². The van der Waals surface area contributed by atoms with Gasteiger partial charge in [-0.05, 0) is 12.8 Å². The van der Waals surface area contributed by atoms with Gasteiger partial charge in [-0.2, -0.15) is 0 Å². The summed E-state index contributed by atoms with van der Waals surface area (Å²) in [5, 5.41) is 3.99. The molecule has 0 aliphatic carbocycles. The zero-order chi connectivity index (χ0) is 16.1. The molecule has 2 heterocycles. The van der Waals surface area contributed by atoms with Crippen LogP contribution in [-0.2, 0) is 4.74 Å². The smallest absolute Gasteiger partial charge is 0.292 e. The number of amides is 1. The van der Waals surface area contributed by atoms with Gasteiger partial charge >= 0.3 is 0 Å². The van der Waals surface area contributed by atoms with Crippen LogP contribution in [0.15, 0.2) is 40.9 Å². The maximum absolute atomic E-state index is 12.5. The molecule has 1 amide bonds. The van der Waals surface area contributed by atoms with Crippen molar-refractivity contribution in [1.29, 1.82) is 0 Å². The molecule has 1 aromatic heterocycles. The van der Waals surface area contributed by atoms with Gasteiger partial charge < -0.3 is 14.2 Å². The number of rotatable bonds is 4. The average Bonchev–Trinajstić information content (AvgIpc) is 3.11. The summed E-state index contributed by atoms with van der Waals surface area (Å²) in [5.41, 5.74) is 1.60. The summed E-state index contributed by atoms with van der Waals surface area (Å²) in [5.74, 6) is 2.61. The second-order valence-corrected chi connectivity index (χ2v) is 5.45. The molecular formula is C18H18N2O3. The van der Waals surface area contributed by atoms with Crippen molar-refractivity contribution in [2.75, 3.05) is 19.7 Å². The third-order valence-corrected chi connectivity index (χ3v) is 3.92. The molecule has 0 spiro atoms. The molecule has 0 unspecified atom stereocenters. The predicted molar refractivity (Wildman–Crippen MR) is 85.6 cm³/mol. The fraction of sp³-hybridized carbons (Fsp3) is 0.333. The van der Waals surface area contributed by atoms with Gasteiger partial charge in [0.05, 0.1) is 6.10 Å². The molecule has 1 aromatic carbocycles. The van der Waals surface area contributed by atoms with Crippen LogP contribution in [0.5, 0.6) is 0 Å². The number of piperidine rings is 1. The maximum Gasteiger partial charge on any atom is 0.292 e. The second kappa shape index (κ2) is 7.12. The van der Waals surface area contributed by atoms with E-state index in [1.54, 1.807) is 11.0 Å². The SMILES string of the molecule is C#CCOC1CCN(C(=O)c2cc(-c3ccccc3)no2)CC1. The Bertz CT molecular complexity index is 695. The lowest BCUT2D eigenvalue weighted by atomic mass is 10.1. The Balaban J connectivity index is 1.61. The lowest BCUT2D eigenvalue weighted by molar-refractivity contribution is 0.0216. The molecule has 1 saturated heterocycles. The molecular weight excluding hydrogens is 292 g/mol. The summed E-state index contributed by atoms with van der Waals surface area (Å²) in [4.78, 5) is 14.3. The minimum absolute atomic E-state index is 0.129. The number of terminal acetylenes is 1. The Labute approximate surface area is 135 Å². The van der Waals surface area contributed by atoms with Crippen molar-refractivity contribution < 1.29 is 14.1 Å². The molecule has 0 radical (unpaired) electrons.